The fourth-order valence-electron chi connectivity index (χ4n) is 2.03. The van der Waals surface area contributed by atoms with Crippen LogP contribution in [0.4, 0.5) is 0 Å². The van der Waals surface area contributed by atoms with Crippen LogP contribution in [-0.2, 0) is 11.3 Å². The monoisotopic (exact) mass is 397 g/mol. The van der Waals surface area contributed by atoms with Gasteiger partial charge >= 0.3 is 0 Å². The van der Waals surface area contributed by atoms with Gasteiger partial charge in [0.25, 0.3) is 0 Å². The van der Waals surface area contributed by atoms with Crippen molar-refractivity contribution in [2.45, 2.75) is 25.7 Å². The van der Waals surface area contributed by atoms with Crippen molar-refractivity contribution in [2.75, 3.05) is 0 Å². The molecule has 106 valence electrons. The van der Waals surface area contributed by atoms with E-state index in [2.05, 4.69) is 31.9 Å². The molecule has 0 fully saturated rings. The third-order valence-electron chi connectivity index (χ3n) is 3.03. The lowest BCUT2D eigenvalue weighted by atomic mass is 10.0. The van der Waals surface area contributed by atoms with Crippen molar-refractivity contribution >= 4 is 31.9 Å². The molecule has 2 aromatic rings. The third kappa shape index (κ3) is 4.16. The summed E-state index contributed by atoms with van der Waals surface area (Å²) in [4.78, 5) is 0. The molecule has 0 heterocycles. The Kier molecular flexibility index (Phi) is 5.78. The molecule has 0 aromatic heterocycles. The quantitative estimate of drug-likeness (QED) is 0.783. The van der Waals surface area contributed by atoms with Gasteiger partial charge in [-0.15, -0.1) is 0 Å². The summed E-state index contributed by atoms with van der Waals surface area (Å²) >= 11 is 7.02. The maximum absolute atomic E-state index is 6.07. The van der Waals surface area contributed by atoms with Crippen molar-refractivity contribution < 1.29 is 4.74 Å². The summed E-state index contributed by atoms with van der Waals surface area (Å²) in [6, 6.07) is 16.1. The molecule has 4 heteroatoms. The maximum atomic E-state index is 6.07. The molecule has 2 nitrogen and oxygen atoms in total. The minimum absolute atomic E-state index is 0.0770. The van der Waals surface area contributed by atoms with E-state index in [-0.39, 0.29) is 12.1 Å². The lowest BCUT2D eigenvalue weighted by Gasteiger charge is -2.22. The number of nitrogens with two attached hydrogens (primary N) is 1. The molecule has 20 heavy (non-hydrogen) atoms. The topological polar surface area (TPSA) is 35.2 Å². The number of hydrogen-bond donors (Lipinski definition) is 1. The highest BCUT2D eigenvalue weighted by molar-refractivity contribution is 9.10. The van der Waals surface area contributed by atoms with Gasteiger partial charge in [0.1, 0.15) is 0 Å². The van der Waals surface area contributed by atoms with E-state index in [0.29, 0.717) is 6.61 Å². The van der Waals surface area contributed by atoms with Crippen LogP contribution in [0.15, 0.2) is 57.5 Å². The van der Waals surface area contributed by atoms with E-state index < -0.39 is 0 Å². The highest BCUT2D eigenvalue weighted by Gasteiger charge is 2.17. The molecule has 0 amide bonds. The van der Waals surface area contributed by atoms with Crippen LogP contribution >= 0.6 is 31.9 Å². The van der Waals surface area contributed by atoms with Crippen molar-refractivity contribution in [3.63, 3.8) is 0 Å². The number of benzene rings is 2. The van der Waals surface area contributed by atoms with Crippen LogP contribution in [0, 0.1) is 0 Å². The van der Waals surface area contributed by atoms with Crippen LogP contribution in [0.2, 0.25) is 0 Å². The Hall–Kier alpha value is -0.680. The Labute approximate surface area is 136 Å². The zero-order valence-corrected chi connectivity index (χ0v) is 14.4. The fraction of sp³-hybridized carbons (Fsp3) is 0.250. The zero-order valence-electron chi connectivity index (χ0n) is 11.2. The van der Waals surface area contributed by atoms with Crippen LogP contribution < -0.4 is 5.73 Å². The molecule has 0 aliphatic heterocycles. The first kappa shape index (κ1) is 15.7. The predicted molar refractivity (Wildman–Crippen MR) is 89.5 cm³/mol. The van der Waals surface area contributed by atoms with Gasteiger partial charge in [-0.2, -0.15) is 0 Å². The number of halogens is 2. The van der Waals surface area contributed by atoms with Crippen molar-refractivity contribution in [2.24, 2.45) is 5.73 Å². The van der Waals surface area contributed by atoms with Crippen LogP contribution in [0.5, 0.6) is 0 Å². The van der Waals surface area contributed by atoms with E-state index in [0.717, 1.165) is 20.1 Å². The standard InChI is InChI=1S/C16H17Br2NO/c1-11(19)16(12-6-4-7-14(17)9-12)20-10-13-5-2-3-8-15(13)18/h2-9,11,16H,10,19H2,1H3. The van der Waals surface area contributed by atoms with Gasteiger partial charge in [0.05, 0.1) is 12.7 Å². The molecule has 2 atom stereocenters. The molecule has 2 aromatic carbocycles. The van der Waals surface area contributed by atoms with Crippen LogP contribution in [0.25, 0.3) is 0 Å². The maximum Gasteiger partial charge on any atom is 0.0977 e. The number of rotatable bonds is 5. The first-order valence-electron chi connectivity index (χ1n) is 6.44. The SMILES string of the molecule is CC(N)C(OCc1ccccc1Br)c1cccc(Br)c1. The lowest BCUT2D eigenvalue weighted by molar-refractivity contribution is 0.0256. The van der Waals surface area contributed by atoms with E-state index in [9.17, 15) is 0 Å². The van der Waals surface area contributed by atoms with Gasteiger partial charge in [-0.3, -0.25) is 0 Å². The van der Waals surface area contributed by atoms with Crippen LogP contribution in [0.1, 0.15) is 24.2 Å². The van der Waals surface area contributed by atoms with E-state index >= 15 is 0 Å². The molecule has 0 spiro atoms. The van der Waals surface area contributed by atoms with E-state index in [1.165, 1.54) is 0 Å². The lowest BCUT2D eigenvalue weighted by Crippen LogP contribution is -2.27. The molecule has 2 N–H and O–H groups in total. The molecule has 2 rings (SSSR count). The highest BCUT2D eigenvalue weighted by atomic mass is 79.9. The molecule has 0 aliphatic rings. The van der Waals surface area contributed by atoms with Gasteiger partial charge in [-0.1, -0.05) is 62.2 Å². The predicted octanol–water partition coefficient (Wildman–Crippen LogP) is 4.82. The van der Waals surface area contributed by atoms with Gasteiger partial charge in [-0.05, 0) is 36.2 Å². The van der Waals surface area contributed by atoms with Gasteiger partial charge in [0, 0.05) is 15.0 Å². The molecule has 0 saturated carbocycles. The van der Waals surface area contributed by atoms with Crippen molar-refractivity contribution in [1.82, 2.24) is 0 Å². The fourth-order valence-corrected chi connectivity index (χ4v) is 2.85. The summed E-state index contributed by atoms with van der Waals surface area (Å²) in [5, 5.41) is 0. The Morgan fingerprint density at radius 2 is 1.85 bits per heavy atom. The molecular formula is C16H17Br2NO. The van der Waals surface area contributed by atoms with Crippen LogP contribution in [0.3, 0.4) is 0 Å². The van der Waals surface area contributed by atoms with Gasteiger partial charge in [0.15, 0.2) is 0 Å². The second kappa shape index (κ2) is 7.36. The normalized spacial score (nSPS) is 14.0. The van der Waals surface area contributed by atoms with Crippen molar-refractivity contribution in [1.29, 1.82) is 0 Å². The number of ether oxygens (including phenoxy) is 1. The zero-order chi connectivity index (χ0) is 14.5. The average molecular weight is 399 g/mol. The second-order valence-electron chi connectivity index (χ2n) is 4.74. The van der Waals surface area contributed by atoms with Gasteiger partial charge < -0.3 is 10.5 Å². The summed E-state index contributed by atoms with van der Waals surface area (Å²) in [5.41, 5.74) is 8.27. The number of hydrogen-bond acceptors (Lipinski definition) is 2. The largest absolute Gasteiger partial charge is 0.367 e. The van der Waals surface area contributed by atoms with Crippen molar-refractivity contribution in [3.8, 4) is 0 Å². The Bertz CT molecular complexity index is 572. The first-order valence-corrected chi connectivity index (χ1v) is 8.02. The van der Waals surface area contributed by atoms with E-state index in [1.54, 1.807) is 0 Å². The Morgan fingerprint density at radius 1 is 1.10 bits per heavy atom. The van der Waals surface area contributed by atoms with Gasteiger partial charge in [0.2, 0.25) is 0 Å². The Balaban J connectivity index is 2.13. The summed E-state index contributed by atoms with van der Waals surface area (Å²) in [7, 11) is 0. The third-order valence-corrected chi connectivity index (χ3v) is 4.30. The minimum atomic E-state index is -0.125. The average Bonchev–Trinajstić information content (AvgIpc) is 2.41. The summed E-state index contributed by atoms with van der Waals surface area (Å²) < 4.78 is 8.12. The molecule has 2 unspecified atom stereocenters. The molecule has 0 bridgehead atoms. The van der Waals surface area contributed by atoms with Crippen molar-refractivity contribution in [3.05, 3.63) is 68.6 Å². The van der Waals surface area contributed by atoms with E-state index in [4.69, 9.17) is 10.5 Å². The summed E-state index contributed by atoms with van der Waals surface area (Å²) in [6.45, 7) is 2.49. The van der Waals surface area contributed by atoms with Crippen LogP contribution in [-0.4, -0.2) is 6.04 Å². The minimum Gasteiger partial charge on any atom is -0.367 e. The summed E-state index contributed by atoms with van der Waals surface area (Å²) in [6.07, 6.45) is -0.125. The summed E-state index contributed by atoms with van der Waals surface area (Å²) in [5.74, 6) is 0. The molecule has 0 radical (unpaired) electrons. The van der Waals surface area contributed by atoms with E-state index in [1.807, 2.05) is 55.5 Å². The Morgan fingerprint density at radius 3 is 2.50 bits per heavy atom. The first-order chi connectivity index (χ1) is 9.58. The molecular weight excluding hydrogens is 382 g/mol. The smallest absolute Gasteiger partial charge is 0.0977 e. The molecule has 0 saturated heterocycles. The van der Waals surface area contributed by atoms with Gasteiger partial charge in [-0.25, -0.2) is 0 Å². The highest BCUT2D eigenvalue weighted by Crippen LogP contribution is 2.26. The second-order valence-corrected chi connectivity index (χ2v) is 6.51. The molecule has 0 aliphatic carbocycles.